The molecule has 2 rings (SSSR count). The van der Waals surface area contributed by atoms with Crippen molar-refractivity contribution >= 4 is 0 Å². The third-order valence-electron chi connectivity index (χ3n) is 2.73. The van der Waals surface area contributed by atoms with E-state index in [1.807, 2.05) is 0 Å². The summed E-state index contributed by atoms with van der Waals surface area (Å²) in [6.45, 7) is 0. The van der Waals surface area contributed by atoms with E-state index in [0.717, 1.165) is 0 Å². The van der Waals surface area contributed by atoms with Gasteiger partial charge in [0.1, 0.15) is 0 Å². The summed E-state index contributed by atoms with van der Waals surface area (Å²) in [5.74, 6) is -23.9. The highest BCUT2D eigenvalue weighted by Gasteiger charge is 2.34. The average molecular weight is 348 g/mol. The van der Waals surface area contributed by atoms with Crippen LogP contribution in [0.4, 0.5) is 35.1 Å². The van der Waals surface area contributed by atoms with Crippen molar-refractivity contribution in [3.05, 3.63) is 46.5 Å². The first kappa shape index (κ1) is 18.5. The Labute approximate surface area is 121 Å². The maximum absolute atomic E-state index is 13.5. The van der Waals surface area contributed by atoms with Crippen molar-refractivity contribution in [3.63, 3.8) is 0 Å². The van der Waals surface area contributed by atoms with Crippen LogP contribution in [0.2, 0.25) is 0 Å². The molecule has 2 aromatic rings. The quantitative estimate of drug-likeness (QED) is 0.614. The summed E-state index contributed by atoms with van der Waals surface area (Å²) in [6, 6.07) is 0. The van der Waals surface area contributed by atoms with Crippen LogP contribution >= 0.6 is 0 Å². The molecule has 0 fully saturated rings. The molecule has 0 atom stereocenters. The Bertz CT molecular complexity index is 680. The fraction of sp³-hybridized carbons (Fsp3) is 0. The second-order valence-corrected chi connectivity index (χ2v) is 3.96. The van der Waals surface area contributed by atoms with E-state index >= 15 is 0 Å². The number of rotatable bonds is 1. The summed E-state index contributed by atoms with van der Waals surface area (Å²) in [5.41, 5.74) is -4.25. The van der Waals surface area contributed by atoms with Crippen LogP contribution in [0, 0.1) is 46.5 Å². The zero-order chi connectivity index (χ0) is 16.9. The van der Waals surface area contributed by atoms with Crippen molar-refractivity contribution < 1.29 is 50.8 Å². The highest BCUT2D eigenvalue weighted by Crippen LogP contribution is 2.40. The van der Waals surface area contributed by atoms with E-state index < -0.39 is 69.2 Å². The first-order valence-electron chi connectivity index (χ1n) is 5.21. The van der Waals surface area contributed by atoms with Crippen LogP contribution in [0.5, 0.6) is 11.5 Å². The van der Waals surface area contributed by atoms with Gasteiger partial charge in [-0.15, -0.1) is 0 Å². The zero-order valence-electron chi connectivity index (χ0n) is 10.4. The molecule has 11 heteroatoms. The minimum absolute atomic E-state index is 0. The van der Waals surface area contributed by atoms with Gasteiger partial charge in [0, 0.05) is 0 Å². The van der Waals surface area contributed by atoms with E-state index in [1.54, 1.807) is 0 Å². The Hall–Kier alpha value is -2.56. The van der Waals surface area contributed by atoms with Gasteiger partial charge in [-0.3, -0.25) is 0 Å². The third-order valence-corrected chi connectivity index (χ3v) is 2.73. The lowest BCUT2D eigenvalue weighted by Gasteiger charge is -2.12. The van der Waals surface area contributed by atoms with Gasteiger partial charge >= 0.3 is 0 Å². The Morgan fingerprint density at radius 2 is 0.565 bits per heavy atom. The van der Waals surface area contributed by atoms with Gasteiger partial charge in [-0.25, -0.2) is 17.6 Å². The normalized spacial score (nSPS) is 10.6. The first-order chi connectivity index (χ1) is 10.1. The minimum atomic E-state index is -2.49. The molecule has 0 bridgehead atoms. The maximum Gasteiger partial charge on any atom is 0.204 e. The van der Waals surface area contributed by atoms with Crippen LogP contribution in [0.1, 0.15) is 0 Å². The first-order valence-corrected chi connectivity index (χ1v) is 5.21. The molecule has 2 aromatic carbocycles. The van der Waals surface area contributed by atoms with Crippen molar-refractivity contribution in [1.82, 2.24) is 0 Å². The lowest BCUT2D eigenvalue weighted by molar-refractivity contribution is 0.351. The molecule has 0 saturated heterocycles. The molecule has 0 heterocycles. The van der Waals surface area contributed by atoms with Crippen LogP contribution in [0.25, 0.3) is 11.1 Å². The summed E-state index contributed by atoms with van der Waals surface area (Å²) in [5, 5.41) is 17.5. The number of hydrogen-bond donors (Lipinski definition) is 2. The molecule has 4 N–H and O–H groups in total. The van der Waals surface area contributed by atoms with Gasteiger partial charge in [-0.1, -0.05) is 0 Å². The highest BCUT2D eigenvalue weighted by molar-refractivity contribution is 5.69. The molecule has 0 spiro atoms. The number of halogens is 8. The second-order valence-electron chi connectivity index (χ2n) is 3.96. The molecule has 126 valence electrons. The van der Waals surface area contributed by atoms with Gasteiger partial charge in [0.2, 0.25) is 23.3 Å². The van der Waals surface area contributed by atoms with Crippen LogP contribution in [0.15, 0.2) is 0 Å². The fourth-order valence-corrected chi connectivity index (χ4v) is 1.68. The summed E-state index contributed by atoms with van der Waals surface area (Å²) in [7, 11) is 0. The van der Waals surface area contributed by atoms with Gasteiger partial charge < -0.3 is 15.7 Å². The van der Waals surface area contributed by atoms with E-state index in [2.05, 4.69) is 0 Å². The van der Waals surface area contributed by atoms with Crippen molar-refractivity contribution in [2.45, 2.75) is 0 Å². The van der Waals surface area contributed by atoms with Gasteiger partial charge in [0.15, 0.2) is 34.8 Å². The number of hydrogen-bond acceptors (Lipinski definition) is 2. The van der Waals surface area contributed by atoms with Crippen molar-refractivity contribution in [3.8, 4) is 22.6 Å². The smallest absolute Gasteiger partial charge is 0.204 e. The Balaban J connectivity index is 0.00000264. The largest absolute Gasteiger partial charge is 0.503 e. The molecule has 0 aromatic heterocycles. The summed E-state index contributed by atoms with van der Waals surface area (Å²) in [6.07, 6.45) is 0. The molecular formula is C12H4F8O3. The third kappa shape index (κ3) is 2.42. The van der Waals surface area contributed by atoms with E-state index in [1.165, 1.54) is 0 Å². The van der Waals surface area contributed by atoms with Crippen LogP contribution in [0.3, 0.4) is 0 Å². The molecule has 0 saturated carbocycles. The van der Waals surface area contributed by atoms with Crippen molar-refractivity contribution in [2.24, 2.45) is 0 Å². The lowest BCUT2D eigenvalue weighted by atomic mass is 10.0. The van der Waals surface area contributed by atoms with E-state index in [9.17, 15) is 35.1 Å². The van der Waals surface area contributed by atoms with Crippen LogP contribution < -0.4 is 0 Å². The topological polar surface area (TPSA) is 72.0 Å². The van der Waals surface area contributed by atoms with Crippen LogP contribution in [-0.2, 0) is 0 Å². The van der Waals surface area contributed by atoms with Gasteiger partial charge in [0.25, 0.3) is 0 Å². The predicted molar refractivity (Wildman–Crippen MR) is 58.5 cm³/mol. The number of phenols is 2. The zero-order valence-corrected chi connectivity index (χ0v) is 10.4. The standard InChI is InChI=1S/C12H2F8O2.H2O/c13-3-1(4(14)8(18)11(21)7(3)17)2-5(15)9(19)12(22)10(20)6(2)16;/h21-22H;1H2. The van der Waals surface area contributed by atoms with E-state index in [0.29, 0.717) is 0 Å². The highest BCUT2D eigenvalue weighted by atomic mass is 19.2. The Morgan fingerprint density at radius 3 is 0.739 bits per heavy atom. The molecule has 0 aliphatic carbocycles. The minimum Gasteiger partial charge on any atom is -0.503 e. The number of phenolic OH excluding ortho intramolecular Hbond substituents is 2. The number of aromatic hydroxyl groups is 2. The maximum atomic E-state index is 13.5. The molecule has 0 aliphatic heterocycles. The Morgan fingerprint density at radius 1 is 0.391 bits per heavy atom. The molecule has 23 heavy (non-hydrogen) atoms. The predicted octanol–water partition coefficient (Wildman–Crippen LogP) is 3.05. The summed E-state index contributed by atoms with van der Waals surface area (Å²) < 4.78 is 107. The number of benzene rings is 2. The summed E-state index contributed by atoms with van der Waals surface area (Å²) in [4.78, 5) is 0. The van der Waals surface area contributed by atoms with Crippen molar-refractivity contribution in [1.29, 1.82) is 0 Å². The van der Waals surface area contributed by atoms with E-state index in [-0.39, 0.29) is 5.48 Å². The molecule has 3 nitrogen and oxygen atoms in total. The molecule has 0 unspecified atom stereocenters. The van der Waals surface area contributed by atoms with Gasteiger partial charge in [0.05, 0.1) is 11.1 Å². The molecule has 0 amide bonds. The lowest BCUT2D eigenvalue weighted by Crippen LogP contribution is -2.06. The SMILES string of the molecule is O.Oc1c(F)c(F)c(-c2c(F)c(F)c(O)c(F)c2F)c(F)c1F. The average Bonchev–Trinajstić information content (AvgIpc) is 2.50. The second kappa shape index (κ2) is 5.91. The Kier molecular flexibility index (Phi) is 4.75. The summed E-state index contributed by atoms with van der Waals surface area (Å²) >= 11 is 0. The fourth-order valence-electron chi connectivity index (χ4n) is 1.68. The molecular weight excluding hydrogens is 344 g/mol. The van der Waals surface area contributed by atoms with Crippen molar-refractivity contribution in [2.75, 3.05) is 0 Å². The molecule has 0 radical (unpaired) electrons. The van der Waals surface area contributed by atoms with Crippen LogP contribution in [-0.4, -0.2) is 15.7 Å². The van der Waals surface area contributed by atoms with Gasteiger partial charge in [-0.05, 0) is 0 Å². The molecule has 0 aliphatic rings. The monoisotopic (exact) mass is 348 g/mol. The van der Waals surface area contributed by atoms with Gasteiger partial charge in [-0.2, -0.15) is 17.6 Å². The van der Waals surface area contributed by atoms with E-state index in [4.69, 9.17) is 10.2 Å².